The third-order valence-electron chi connectivity index (χ3n) is 2.64. The van der Waals surface area contributed by atoms with Gasteiger partial charge in [-0.15, -0.1) is 0 Å². The maximum atomic E-state index is 12.1. The molecule has 1 heterocycles. The molecule has 0 unspecified atom stereocenters. The summed E-state index contributed by atoms with van der Waals surface area (Å²) in [4.78, 5) is 3.72. The Kier molecular flexibility index (Phi) is 6.81. The number of aromatic nitrogens is 1. The first-order chi connectivity index (χ1) is 9.37. The van der Waals surface area contributed by atoms with Crippen LogP contribution in [0.3, 0.4) is 0 Å². The highest BCUT2D eigenvalue weighted by Gasteiger charge is 2.08. The molecule has 114 valence electrons. The SMILES string of the molecule is CC(C)(C)CCNCNCc1ccnc(OC(F)F)c1. The molecule has 0 aliphatic carbocycles. The Balaban J connectivity index is 2.22. The van der Waals surface area contributed by atoms with Gasteiger partial charge in [-0.05, 0) is 30.0 Å². The lowest BCUT2D eigenvalue weighted by molar-refractivity contribution is -0.0528. The highest BCUT2D eigenvalue weighted by atomic mass is 19.3. The molecule has 0 saturated heterocycles. The second-order valence-electron chi connectivity index (χ2n) is 5.80. The largest absolute Gasteiger partial charge is 0.417 e. The van der Waals surface area contributed by atoms with Gasteiger partial charge in [0.25, 0.3) is 0 Å². The van der Waals surface area contributed by atoms with Gasteiger partial charge in [-0.3, -0.25) is 0 Å². The molecule has 0 spiro atoms. The number of ether oxygens (including phenoxy) is 1. The number of hydrogen-bond donors (Lipinski definition) is 2. The number of nitrogens with one attached hydrogen (secondary N) is 2. The number of pyridine rings is 1. The second kappa shape index (κ2) is 8.11. The topological polar surface area (TPSA) is 46.2 Å². The van der Waals surface area contributed by atoms with Gasteiger partial charge in [-0.25, -0.2) is 4.98 Å². The van der Waals surface area contributed by atoms with Crippen LogP contribution in [-0.2, 0) is 6.54 Å². The van der Waals surface area contributed by atoms with E-state index in [-0.39, 0.29) is 5.88 Å². The normalized spacial score (nSPS) is 11.9. The Morgan fingerprint density at radius 2 is 2.05 bits per heavy atom. The number of rotatable bonds is 8. The monoisotopic (exact) mass is 287 g/mol. The maximum absolute atomic E-state index is 12.1. The van der Waals surface area contributed by atoms with Crippen molar-refractivity contribution >= 4 is 0 Å². The van der Waals surface area contributed by atoms with Gasteiger partial charge < -0.3 is 15.4 Å². The van der Waals surface area contributed by atoms with E-state index < -0.39 is 6.61 Å². The van der Waals surface area contributed by atoms with Crippen LogP contribution in [0.2, 0.25) is 0 Å². The molecule has 0 fully saturated rings. The maximum Gasteiger partial charge on any atom is 0.388 e. The van der Waals surface area contributed by atoms with E-state index >= 15 is 0 Å². The molecule has 20 heavy (non-hydrogen) atoms. The summed E-state index contributed by atoms with van der Waals surface area (Å²) in [6.45, 7) is 5.93. The average Bonchev–Trinajstić information content (AvgIpc) is 2.32. The van der Waals surface area contributed by atoms with E-state index in [1.54, 1.807) is 6.07 Å². The van der Waals surface area contributed by atoms with Crippen LogP contribution in [0.5, 0.6) is 5.88 Å². The molecule has 0 aromatic carbocycles. The van der Waals surface area contributed by atoms with Gasteiger partial charge >= 0.3 is 6.61 Å². The lowest BCUT2D eigenvalue weighted by Crippen LogP contribution is -2.30. The minimum Gasteiger partial charge on any atom is -0.417 e. The van der Waals surface area contributed by atoms with E-state index in [9.17, 15) is 8.78 Å². The van der Waals surface area contributed by atoms with Crippen LogP contribution >= 0.6 is 0 Å². The van der Waals surface area contributed by atoms with Gasteiger partial charge in [0.15, 0.2) is 0 Å². The fourth-order valence-electron chi connectivity index (χ4n) is 1.56. The molecule has 0 aliphatic rings. The Morgan fingerprint density at radius 3 is 2.70 bits per heavy atom. The average molecular weight is 287 g/mol. The van der Waals surface area contributed by atoms with E-state index in [2.05, 4.69) is 41.1 Å². The van der Waals surface area contributed by atoms with Gasteiger partial charge in [0.05, 0.1) is 0 Å². The predicted molar refractivity (Wildman–Crippen MR) is 74.7 cm³/mol. The molecule has 2 N–H and O–H groups in total. The van der Waals surface area contributed by atoms with Gasteiger partial charge in [0.1, 0.15) is 0 Å². The quantitative estimate of drug-likeness (QED) is 0.570. The van der Waals surface area contributed by atoms with Gasteiger partial charge in [-0.2, -0.15) is 8.78 Å². The fourth-order valence-corrected chi connectivity index (χ4v) is 1.56. The van der Waals surface area contributed by atoms with Crippen LogP contribution in [0.25, 0.3) is 0 Å². The summed E-state index contributed by atoms with van der Waals surface area (Å²) in [5, 5.41) is 6.47. The lowest BCUT2D eigenvalue weighted by Gasteiger charge is -2.18. The van der Waals surface area contributed by atoms with Crippen LogP contribution in [0.1, 0.15) is 32.8 Å². The first-order valence-corrected chi connectivity index (χ1v) is 6.68. The Morgan fingerprint density at radius 1 is 1.30 bits per heavy atom. The molecule has 6 heteroatoms. The van der Waals surface area contributed by atoms with Crippen molar-refractivity contribution in [2.45, 2.75) is 40.3 Å². The summed E-state index contributed by atoms with van der Waals surface area (Å²) in [5.41, 5.74) is 1.17. The minimum absolute atomic E-state index is 0.0556. The van der Waals surface area contributed by atoms with Crippen LogP contribution in [0.4, 0.5) is 8.78 Å². The van der Waals surface area contributed by atoms with Crippen molar-refractivity contribution in [3.63, 3.8) is 0 Å². The standard InChI is InChI=1S/C14H23F2N3O/c1-14(2,3)5-7-17-10-18-9-11-4-6-19-12(8-11)20-13(15)16/h4,6,8,13,17-18H,5,7,9-10H2,1-3H3. The second-order valence-corrected chi connectivity index (χ2v) is 5.80. The van der Waals surface area contributed by atoms with Gasteiger partial charge in [-0.1, -0.05) is 20.8 Å². The Labute approximate surface area is 118 Å². The third-order valence-corrected chi connectivity index (χ3v) is 2.64. The van der Waals surface area contributed by atoms with Crippen LogP contribution < -0.4 is 15.4 Å². The van der Waals surface area contributed by atoms with E-state index in [1.807, 2.05) is 0 Å². The lowest BCUT2D eigenvalue weighted by atomic mass is 9.92. The third kappa shape index (κ3) is 8.01. The van der Waals surface area contributed by atoms with Crippen molar-refractivity contribution in [3.8, 4) is 5.88 Å². The molecule has 1 aromatic heterocycles. The zero-order chi connectivity index (χ0) is 15.0. The van der Waals surface area contributed by atoms with Crippen LogP contribution in [-0.4, -0.2) is 24.8 Å². The molecule has 0 bridgehead atoms. The molecular weight excluding hydrogens is 264 g/mol. The van der Waals surface area contributed by atoms with Crippen molar-refractivity contribution in [2.75, 3.05) is 13.2 Å². The molecule has 4 nitrogen and oxygen atoms in total. The van der Waals surface area contributed by atoms with Crippen molar-refractivity contribution in [1.82, 2.24) is 15.6 Å². The number of nitrogens with zero attached hydrogens (tertiary/aromatic N) is 1. The first kappa shape index (κ1) is 16.8. The van der Waals surface area contributed by atoms with Crippen LogP contribution in [0.15, 0.2) is 18.3 Å². The number of halogens is 2. The molecule has 0 atom stereocenters. The summed E-state index contributed by atoms with van der Waals surface area (Å²) < 4.78 is 28.4. The Bertz CT molecular complexity index is 394. The summed E-state index contributed by atoms with van der Waals surface area (Å²) >= 11 is 0. The number of alkyl halides is 2. The molecular formula is C14H23F2N3O. The van der Waals surface area contributed by atoms with E-state index in [0.29, 0.717) is 18.6 Å². The minimum atomic E-state index is -2.84. The zero-order valence-electron chi connectivity index (χ0n) is 12.2. The van der Waals surface area contributed by atoms with E-state index in [4.69, 9.17) is 0 Å². The summed E-state index contributed by atoms with van der Waals surface area (Å²) in [6, 6.07) is 3.27. The zero-order valence-corrected chi connectivity index (χ0v) is 12.2. The molecule has 0 radical (unpaired) electrons. The van der Waals surface area contributed by atoms with Crippen molar-refractivity contribution in [3.05, 3.63) is 23.9 Å². The van der Waals surface area contributed by atoms with Crippen LogP contribution in [0, 0.1) is 5.41 Å². The van der Waals surface area contributed by atoms with Gasteiger partial charge in [0, 0.05) is 25.5 Å². The summed E-state index contributed by atoms with van der Waals surface area (Å²) in [7, 11) is 0. The van der Waals surface area contributed by atoms with Crippen molar-refractivity contribution in [2.24, 2.45) is 5.41 Å². The smallest absolute Gasteiger partial charge is 0.388 e. The van der Waals surface area contributed by atoms with E-state index in [1.165, 1.54) is 12.3 Å². The van der Waals surface area contributed by atoms with Crippen molar-refractivity contribution < 1.29 is 13.5 Å². The molecule has 0 saturated carbocycles. The molecule has 0 amide bonds. The predicted octanol–water partition coefficient (Wildman–Crippen LogP) is 2.76. The van der Waals surface area contributed by atoms with Gasteiger partial charge in [0.2, 0.25) is 5.88 Å². The summed E-state index contributed by atoms with van der Waals surface area (Å²) in [6.07, 6.45) is 2.55. The molecule has 1 aromatic rings. The summed E-state index contributed by atoms with van der Waals surface area (Å²) in [5.74, 6) is -0.0556. The fraction of sp³-hybridized carbons (Fsp3) is 0.643. The number of hydrogen-bond acceptors (Lipinski definition) is 4. The highest BCUT2D eigenvalue weighted by Crippen LogP contribution is 2.16. The molecule has 0 aliphatic heterocycles. The Hall–Kier alpha value is -1.27. The van der Waals surface area contributed by atoms with E-state index in [0.717, 1.165) is 18.5 Å². The first-order valence-electron chi connectivity index (χ1n) is 6.68. The molecule has 1 rings (SSSR count). The highest BCUT2D eigenvalue weighted by molar-refractivity contribution is 5.20. The van der Waals surface area contributed by atoms with Crippen molar-refractivity contribution in [1.29, 1.82) is 0 Å².